The fourth-order valence-corrected chi connectivity index (χ4v) is 4.99. The molecule has 3 N–H and O–H groups in total. The Bertz CT molecular complexity index is 1420. The summed E-state index contributed by atoms with van der Waals surface area (Å²) in [5.74, 6) is 0.142. The Morgan fingerprint density at radius 3 is 2.49 bits per heavy atom. The summed E-state index contributed by atoms with van der Waals surface area (Å²) < 4.78 is 5.95. The van der Waals surface area contributed by atoms with Gasteiger partial charge in [0, 0.05) is 17.6 Å². The second-order valence-electron chi connectivity index (χ2n) is 9.37. The van der Waals surface area contributed by atoms with Gasteiger partial charge in [0.2, 0.25) is 0 Å². The summed E-state index contributed by atoms with van der Waals surface area (Å²) >= 11 is 6.07. The number of hydrogen-bond acceptors (Lipinski definition) is 4. The molecule has 188 valence electrons. The van der Waals surface area contributed by atoms with Crippen molar-refractivity contribution >= 4 is 17.6 Å². The van der Waals surface area contributed by atoms with Crippen molar-refractivity contribution in [3.63, 3.8) is 0 Å². The Kier molecular flexibility index (Phi) is 7.56. The van der Waals surface area contributed by atoms with E-state index in [1.807, 2.05) is 36.4 Å². The van der Waals surface area contributed by atoms with Crippen LogP contribution in [0, 0.1) is 0 Å². The third kappa shape index (κ3) is 6.20. The molecule has 5 rings (SSSR count). The van der Waals surface area contributed by atoms with Crippen molar-refractivity contribution < 1.29 is 19.7 Å². The maximum atomic E-state index is 11.3. The predicted molar refractivity (Wildman–Crippen MR) is 146 cm³/mol. The van der Waals surface area contributed by atoms with Gasteiger partial charge in [0.15, 0.2) is 0 Å². The fraction of sp³-hybridized carbons (Fsp3) is 0.194. The van der Waals surface area contributed by atoms with Crippen molar-refractivity contribution in [3.8, 4) is 22.6 Å². The minimum Gasteiger partial charge on any atom is -0.478 e. The van der Waals surface area contributed by atoms with Crippen molar-refractivity contribution in [2.24, 2.45) is 0 Å². The van der Waals surface area contributed by atoms with Gasteiger partial charge < -0.3 is 20.3 Å². The second-order valence-corrected chi connectivity index (χ2v) is 9.80. The van der Waals surface area contributed by atoms with Gasteiger partial charge in [0.1, 0.15) is 11.5 Å². The van der Waals surface area contributed by atoms with E-state index in [0.29, 0.717) is 23.1 Å². The number of aryl methyl sites for hydroxylation is 1. The van der Waals surface area contributed by atoms with Crippen molar-refractivity contribution in [2.75, 3.05) is 6.54 Å². The summed E-state index contributed by atoms with van der Waals surface area (Å²) in [6.45, 7) is 0.475. The van der Waals surface area contributed by atoms with E-state index in [-0.39, 0.29) is 11.6 Å². The van der Waals surface area contributed by atoms with Crippen LogP contribution < -0.4 is 10.1 Å². The van der Waals surface area contributed by atoms with Gasteiger partial charge in [-0.15, -0.1) is 0 Å². The standard InChI is InChI=1S/C31H28ClNO4/c32-26-7-1-5-23(15-26)30(34)19-33-27-13-12-20-10-11-22(14-25(20)16-27)21-4-2-8-28(17-21)37-29-9-3-6-24(18-29)31(35)36/h1-11,14-15,17-18,27,30,33-34H,12-13,16,19H2,(H,35,36)/t27-,30-/m0/s1. The normalized spacial score (nSPS) is 15.6. The van der Waals surface area contributed by atoms with Crippen LogP contribution in [0.15, 0.2) is 91.0 Å². The number of rotatable bonds is 8. The molecule has 0 fully saturated rings. The van der Waals surface area contributed by atoms with E-state index in [9.17, 15) is 15.0 Å². The van der Waals surface area contributed by atoms with Crippen molar-refractivity contribution in [1.29, 1.82) is 0 Å². The first kappa shape index (κ1) is 25.0. The minimum atomic E-state index is -0.986. The maximum Gasteiger partial charge on any atom is 0.335 e. The molecule has 0 unspecified atom stereocenters. The van der Waals surface area contributed by atoms with Crippen LogP contribution in [0.1, 0.15) is 39.6 Å². The Morgan fingerprint density at radius 2 is 1.68 bits per heavy atom. The molecule has 0 heterocycles. The molecule has 4 aromatic rings. The number of nitrogens with one attached hydrogen (secondary N) is 1. The first-order chi connectivity index (χ1) is 17.9. The van der Waals surface area contributed by atoms with Crippen LogP contribution in [0.3, 0.4) is 0 Å². The van der Waals surface area contributed by atoms with Crippen LogP contribution >= 0.6 is 11.6 Å². The number of benzene rings is 4. The lowest BCUT2D eigenvalue weighted by molar-refractivity contribution is 0.0696. The monoisotopic (exact) mass is 513 g/mol. The van der Waals surface area contributed by atoms with Crippen LogP contribution in [0.25, 0.3) is 11.1 Å². The lowest BCUT2D eigenvalue weighted by Crippen LogP contribution is -2.37. The number of ether oxygens (including phenoxy) is 1. The van der Waals surface area contributed by atoms with E-state index < -0.39 is 12.1 Å². The third-order valence-electron chi connectivity index (χ3n) is 6.75. The first-order valence-corrected chi connectivity index (χ1v) is 12.7. The van der Waals surface area contributed by atoms with Gasteiger partial charge in [-0.3, -0.25) is 0 Å². The molecule has 0 aliphatic heterocycles. The SMILES string of the molecule is O=C(O)c1cccc(Oc2cccc(-c3ccc4c(c3)C[C@@H](NC[C@H](O)c3cccc(Cl)c3)CC4)c2)c1. The lowest BCUT2D eigenvalue weighted by Gasteiger charge is -2.27. The third-order valence-corrected chi connectivity index (χ3v) is 6.99. The number of carboxylic acid groups (broad SMARTS) is 1. The molecule has 0 bridgehead atoms. The highest BCUT2D eigenvalue weighted by molar-refractivity contribution is 6.30. The average molecular weight is 514 g/mol. The molecule has 4 aromatic carbocycles. The molecule has 6 heteroatoms. The van der Waals surface area contributed by atoms with Gasteiger partial charge >= 0.3 is 5.97 Å². The number of aromatic carboxylic acids is 1. The number of carboxylic acids is 1. The Balaban J connectivity index is 1.27. The van der Waals surface area contributed by atoms with Crippen molar-refractivity contribution in [1.82, 2.24) is 5.32 Å². The van der Waals surface area contributed by atoms with E-state index in [4.69, 9.17) is 16.3 Å². The van der Waals surface area contributed by atoms with Crippen LogP contribution in [-0.4, -0.2) is 28.8 Å². The molecule has 2 atom stereocenters. The molecule has 5 nitrogen and oxygen atoms in total. The van der Waals surface area contributed by atoms with Crippen LogP contribution in [0.2, 0.25) is 5.02 Å². The second kappa shape index (κ2) is 11.2. The van der Waals surface area contributed by atoms with E-state index >= 15 is 0 Å². The zero-order valence-corrected chi connectivity index (χ0v) is 21.0. The summed E-state index contributed by atoms with van der Waals surface area (Å²) in [5.41, 5.74) is 5.79. The largest absolute Gasteiger partial charge is 0.478 e. The number of aliphatic hydroxyl groups is 1. The first-order valence-electron chi connectivity index (χ1n) is 12.3. The summed E-state index contributed by atoms with van der Waals surface area (Å²) in [7, 11) is 0. The summed E-state index contributed by atoms with van der Waals surface area (Å²) in [6, 6.07) is 28.5. The number of hydrogen-bond donors (Lipinski definition) is 3. The fourth-order valence-electron chi connectivity index (χ4n) is 4.79. The quantitative estimate of drug-likeness (QED) is 0.245. The smallest absolute Gasteiger partial charge is 0.335 e. The molecule has 0 amide bonds. The minimum absolute atomic E-state index is 0.187. The Hall–Kier alpha value is -3.64. The van der Waals surface area contributed by atoms with Crippen molar-refractivity contribution in [2.45, 2.75) is 31.4 Å². The highest BCUT2D eigenvalue weighted by Crippen LogP contribution is 2.31. The molecule has 0 radical (unpaired) electrons. The zero-order valence-electron chi connectivity index (χ0n) is 20.2. The van der Waals surface area contributed by atoms with Crippen LogP contribution in [-0.2, 0) is 12.8 Å². The molecule has 0 aromatic heterocycles. The lowest BCUT2D eigenvalue weighted by atomic mass is 9.86. The molecule has 1 aliphatic carbocycles. The summed E-state index contributed by atoms with van der Waals surface area (Å²) in [6.07, 6.45) is 2.30. The van der Waals surface area contributed by atoms with Crippen LogP contribution in [0.5, 0.6) is 11.5 Å². The highest BCUT2D eigenvalue weighted by Gasteiger charge is 2.20. The van der Waals surface area contributed by atoms with Gasteiger partial charge in [-0.1, -0.05) is 60.1 Å². The molecule has 0 spiro atoms. The van der Waals surface area contributed by atoms with E-state index in [0.717, 1.165) is 36.0 Å². The molecular weight excluding hydrogens is 486 g/mol. The summed E-state index contributed by atoms with van der Waals surface area (Å²) in [5, 5.41) is 24.0. The zero-order chi connectivity index (χ0) is 25.8. The number of halogens is 1. The van der Waals surface area contributed by atoms with Crippen LogP contribution in [0.4, 0.5) is 0 Å². The molecule has 37 heavy (non-hydrogen) atoms. The van der Waals surface area contributed by atoms with Gasteiger partial charge in [-0.25, -0.2) is 4.79 Å². The molecule has 0 saturated heterocycles. The molecule has 0 saturated carbocycles. The summed E-state index contributed by atoms with van der Waals surface area (Å²) in [4.78, 5) is 11.3. The number of fused-ring (bicyclic) bond motifs is 1. The molecular formula is C31H28ClNO4. The average Bonchev–Trinajstić information content (AvgIpc) is 2.91. The van der Waals surface area contributed by atoms with E-state index in [2.05, 4.69) is 23.5 Å². The van der Waals surface area contributed by atoms with E-state index in [1.54, 1.807) is 30.3 Å². The predicted octanol–water partition coefficient (Wildman–Crippen LogP) is 6.68. The Morgan fingerprint density at radius 1 is 0.919 bits per heavy atom. The number of aliphatic hydroxyl groups excluding tert-OH is 1. The maximum absolute atomic E-state index is 11.3. The Labute approximate surface area is 221 Å². The van der Waals surface area contributed by atoms with Gasteiger partial charge in [0.25, 0.3) is 0 Å². The highest BCUT2D eigenvalue weighted by atomic mass is 35.5. The topological polar surface area (TPSA) is 78.8 Å². The van der Waals surface area contributed by atoms with E-state index in [1.165, 1.54) is 17.2 Å². The molecule has 1 aliphatic rings. The van der Waals surface area contributed by atoms with Gasteiger partial charge in [-0.05, 0) is 89.5 Å². The van der Waals surface area contributed by atoms with Crippen molar-refractivity contribution in [3.05, 3.63) is 118 Å². The van der Waals surface area contributed by atoms with Gasteiger partial charge in [-0.2, -0.15) is 0 Å². The number of carbonyl (C=O) groups is 1. The van der Waals surface area contributed by atoms with Gasteiger partial charge in [0.05, 0.1) is 11.7 Å².